The van der Waals surface area contributed by atoms with Crippen molar-refractivity contribution in [2.24, 2.45) is 11.8 Å². The molecule has 0 bridgehead atoms. The van der Waals surface area contributed by atoms with Crippen LogP contribution >= 0.6 is 0 Å². The maximum absolute atomic E-state index is 13.5. The number of nitrogens with zero attached hydrogens (tertiary/aromatic N) is 3. The van der Waals surface area contributed by atoms with Crippen LogP contribution in [0.4, 0.5) is 15.8 Å². The summed E-state index contributed by atoms with van der Waals surface area (Å²) < 4.78 is 13.4. The van der Waals surface area contributed by atoms with E-state index in [1.165, 1.54) is 42.5 Å². The van der Waals surface area contributed by atoms with Crippen molar-refractivity contribution >= 4 is 29.0 Å². The topological polar surface area (TPSA) is 101 Å². The number of imide groups is 1. The maximum Gasteiger partial charge on any atom is 0.269 e. The number of hydrogen-bond acceptors (Lipinski definition) is 6. The molecule has 4 atom stereocenters. The highest BCUT2D eigenvalue weighted by atomic mass is 19.1. The fourth-order valence-electron chi connectivity index (χ4n) is 5.54. The van der Waals surface area contributed by atoms with Gasteiger partial charge in [-0.2, -0.15) is 0 Å². The molecule has 3 fully saturated rings. The number of carbonyl (C=O) groups excluding carboxylic acids is 3. The minimum Gasteiger partial charge on any atom is -0.292 e. The molecule has 2 aromatic carbocycles. The van der Waals surface area contributed by atoms with Gasteiger partial charge < -0.3 is 0 Å². The van der Waals surface area contributed by atoms with Crippen LogP contribution in [0.5, 0.6) is 0 Å². The lowest BCUT2D eigenvalue weighted by molar-refractivity contribution is -0.384. The highest BCUT2D eigenvalue weighted by Crippen LogP contribution is 2.49. The summed E-state index contributed by atoms with van der Waals surface area (Å²) in [6.45, 7) is 2.23. The van der Waals surface area contributed by atoms with E-state index in [2.05, 4.69) is 0 Å². The van der Waals surface area contributed by atoms with Crippen molar-refractivity contribution in [1.82, 2.24) is 4.90 Å². The van der Waals surface area contributed by atoms with Crippen molar-refractivity contribution < 1.29 is 23.7 Å². The zero-order valence-corrected chi connectivity index (χ0v) is 17.2. The predicted molar refractivity (Wildman–Crippen MR) is 112 cm³/mol. The molecule has 164 valence electrons. The molecule has 3 aliphatic rings. The molecule has 3 heterocycles. The van der Waals surface area contributed by atoms with Gasteiger partial charge in [-0.25, -0.2) is 9.29 Å². The van der Waals surface area contributed by atoms with Crippen molar-refractivity contribution in [3.05, 3.63) is 69.5 Å². The number of amides is 2. The Bertz CT molecular complexity index is 1160. The van der Waals surface area contributed by atoms with Gasteiger partial charge in [0.25, 0.3) is 5.69 Å². The van der Waals surface area contributed by atoms with Crippen molar-refractivity contribution in [3.63, 3.8) is 0 Å². The van der Waals surface area contributed by atoms with Gasteiger partial charge in [0.1, 0.15) is 5.82 Å². The summed E-state index contributed by atoms with van der Waals surface area (Å²) in [6.07, 6.45) is 1.53. The summed E-state index contributed by atoms with van der Waals surface area (Å²) in [5, 5.41) is 11.1. The van der Waals surface area contributed by atoms with Crippen LogP contribution in [-0.2, 0) is 9.59 Å². The van der Waals surface area contributed by atoms with Gasteiger partial charge in [-0.3, -0.25) is 29.4 Å². The second-order valence-corrected chi connectivity index (χ2v) is 8.55. The first-order valence-corrected chi connectivity index (χ1v) is 10.5. The molecule has 0 radical (unpaired) electrons. The van der Waals surface area contributed by atoms with Crippen LogP contribution in [-0.4, -0.2) is 46.0 Å². The normalized spacial score (nSPS) is 27.0. The number of Topliss-reactive ketones (excluding diaryl/α,β-unsaturated/α-hetero) is 1. The Labute approximate surface area is 182 Å². The smallest absolute Gasteiger partial charge is 0.269 e. The lowest BCUT2D eigenvalue weighted by atomic mass is 9.85. The molecule has 0 saturated carbocycles. The first-order valence-electron chi connectivity index (χ1n) is 10.5. The molecular formula is C23H20FN3O5. The highest BCUT2D eigenvalue weighted by molar-refractivity contribution is 6.24. The average molecular weight is 437 g/mol. The number of anilines is 1. The molecule has 0 unspecified atom stereocenters. The summed E-state index contributed by atoms with van der Waals surface area (Å²) in [7, 11) is 0. The quantitative estimate of drug-likeness (QED) is 0.316. The lowest BCUT2D eigenvalue weighted by Crippen LogP contribution is -2.46. The Hall–Kier alpha value is -3.46. The van der Waals surface area contributed by atoms with Gasteiger partial charge >= 0.3 is 0 Å². The van der Waals surface area contributed by atoms with Gasteiger partial charge in [-0.05, 0) is 62.2 Å². The Kier molecular flexibility index (Phi) is 4.67. The molecule has 0 aliphatic carbocycles. The molecule has 2 aromatic rings. The molecule has 2 amide bonds. The van der Waals surface area contributed by atoms with E-state index in [9.17, 15) is 28.9 Å². The van der Waals surface area contributed by atoms with Gasteiger partial charge in [0.15, 0.2) is 5.78 Å². The number of nitro benzene ring substituents is 1. The minimum absolute atomic E-state index is 0.128. The molecule has 9 heteroatoms. The minimum atomic E-state index is -0.833. The van der Waals surface area contributed by atoms with Gasteiger partial charge in [0, 0.05) is 23.7 Å². The van der Waals surface area contributed by atoms with Gasteiger partial charge in [-0.15, -0.1) is 0 Å². The first-order chi connectivity index (χ1) is 15.3. The summed E-state index contributed by atoms with van der Waals surface area (Å²) in [5.41, 5.74) is 0.910. The van der Waals surface area contributed by atoms with Gasteiger partial charge in [0.05, 0.1) is 28.5 Å². The number of non-ortho nitro benzene ring substituents is 1. The Morgan fingerprint density at radius 3 is 2.44 bits per heavy atom. The number of carbonyl (C=O) groups is 3. The Morgan fingerprint density at radius 2 is 1.78 bits per heavy atom. The van der Waals surface area contributed by atoms with Crippen LogP contribution in [0, 0.1) is 34.7 Å². The fourth-order valence-corrected chi connectivity index (χ4v) is 5.54. The Morgan fingerprint density at radius 1 is 1.09 bits per heavy atom. The zero-order chi connectivity index (χ0) is 22.7. The standard InChI is InChI=1S/C23H20FN3O5/c1-12-11-15(27(31)32)8-9-16(12)26-22(29)18-17-3-2-10-25(17)20(19(18)23(26)30)21(28)13-4-6-14(24)7-5-13/h4-9,11,17-20H,2-3,10H2,1H3/t17-,18-,19+,20-/m0/s1. The predicted octanol–water partition coefficient (Wildman–Crippen LogP) is 2.88. The SMILES string of the molecule is Cc1cc([N+](=O)[O-])ccc1N1C(=O)[C@@H]2[C@@H](C1=O)[C@@H]1CCCN1[C@@H]2C(=O)c1ccc(F)cc1. The number of hydrogen-bond donors (Lipinski definition) is 0. The third-order valence-corrected chi connectivity index (χ3v) is 6.88. The van der Waals surface area contributed by atoms with Crippen LogP contribution in [0.3, 0.4) is 0 Å². The molecule has 32 heavy (non-hydrogen) atoms. The second-order valence-electron chi connectivity index (χ2n) is 8.55. The maximum atomic E-state index is 13.5. The monoisotopic (exact) mass is 437 g/mol. The summed E-state index contributed by atoms with van der Waals surface area (Å²) >= 11 is 0. The summed E-state index contributed by atoms with van der Waals surface area (Å²) in [5.74, 6) is -3.08. The molecule has 3 saturated heterocycles. The van der Waals surface area contributed by atoms with E-state index in [-0.39, 0.29) is 23.4 Å². The van der Waals surface area contributed by atoms with Crippen LogP contribution < -0.4 is 4.90 Å². The molecule has 0 N–H and O–H groups in total. The zero-order valence-electron chi connectivity index (χ0n) is 17.2. The molecule has 3 aliphatic heterocycles. The molecule has 0 aromatic heterocycles. The van der Waals surface area contributed by atoms with E-state index in [1.807, 2.05) is 4.90 Å². The fraction of sp³-hybridized carbons (Fsp3) is 0.348. The molecule has 8 nitrogen and oxygen atoms in total. The van der Waals surface area contributed by atoms with Crippen molar-refractivity contribution in [2.75, 3.05) is 11.4 Å². The average Bonchev–Trinajstić information content (AvgIpc) is 3.40. The second kappa shape index (κ2) is 7.30. The van der Waals surface area contributed by atoms with Crippen molar-refractivity contribution in [3.8, 4) is 0 Å². The van der Waals surface area contributed by atoms with Crippen molar-refractivity contribution in [1.29, 1.82) is 0 Å². The molecule has 5 rings (SSSR count). The van der Waals surface area contributed by atoms with Gasteiger partial charge in [-0.1, -0.05) is 0 Å². The van der Waals surface area contributed by atoms with Crippen molar-refractivity contribution in [2.45, 2.75) is 31.8 Å². The number of halogens is 1. The van der Waals surface area contributed by atoms with E-state index in [1.54, 1.807) is 6.92 Å². The number of benzene rings is 2. The number of ketones is 1. The number of fused-ring (bicyclic) bond motifs is 3. The van der Waals surface area contributed by atoms with Gasteiger partial charge in [0.2, 0.25) is 11.8 Å². The van der Waals surface area contributed by atoms with Crippen LogP contribution in [0.1, 0.15) is 28.8 Å². The largest absolute Gasteiger partial charge is 0.292 e. The number of aryl methyl sites for hydroxylation is 1. The van der Waals surface area contributed by atoms with E-state index in [0.717, 1.165) is 11.3 Å². The third kappa shape index (κ3) is 2.88. The van der Waals surface area contributed by atoms with Crippen LogP contribution in [0.15, 0.2) is 42.5 Å². The Balaban J connectivity index is 1.54. The highest BCUT2D eigenvalue weighted by Gasteiger charge is 2.64. The first kappa shape index (κ1) is 20.4. The number of nitro groups is 1. The third-order valence-electron chi connectivity index (χ3n) is 6.88. The van der Waals surface area contributed by atoms with E-state index in [4.69, 9.17) is 0 Å². The summed E-state index contributed by atoms with van der Waals surface area (Å²) in [6, 6.07) is 8.20. The number of rotatable bonds is 4. The summed E-state index contributed by atoms with van der Waals surface area (Å²) in [4.78, 5) is 54.0. The van der Waals surface area contributed by atoms with E-state index >= 15 is 0 Å². The van der Waals surface area contributed by atoms with E-state index in [0.29, 0.717) is 29.8 Å². The van der Waals surface area contributed by atoms with Crippen LogP contribution in [0.25, 0.3) is 0 Å². The molecular weight excluding hydrogens is 417 g/mol. The lowest BCUT2D eigenvalue weighted by Gasteiger charge is -2.28. The van der Waals surface area contributed by atoms with E-state index < -0.39 is 34.5 Å². The molecule has 0 spiro atoms. The van der Waals surface area contributed by atoms with Crippen LogP contribution in [0.2, 0.25) is 0 Å².